The van der Waals surface area contributed by atoms with E-state index in [2.05, 4.69) is 5.18 Å². The predicted molar refractivity (Wildman–Crippen MR) is 79.2 cm³/mol. The van der Waals surface area contributed by atoms with E-state index < -0.39 is 5.97 Å². The van der Waals surface area contributed by atoms with E-state index in [1.54, 1.807) is 12.1 Å². The number of nitrogen functional groups attached to an aromatic ring is 1. The van der Waals surface area contributed by atoms with Crippen LogP contribution in [0.4, 0.5) is 11.4 Å². The number of anilines is 1. The molecule has 0 spiro atoms. The van der Waals surface area contributed by atoms with Gasteiger partial charge in [0.25, 0.3) is 0 Å². The molecule has 2 rings (SSSR count). The largest absolute Gasteiger partial charge is 0.481 e. The first kappa shape index (κ1) is 14.8. The Morgan fingerprint density at radius 2 is 1.95 bits per heavy atom. The lowest BCUT2D eigenvalue weighted by atomic mass is 10.1. The first-order valence-electron chi connectivity index (χ1n) is 5.90. The van der Waals surface area contributed by atoms with Gasteiger partial charge in [-0.05, 0) is 41.1 Å². The maximum Gasteiger partial charge on any atom is 0.307 e. The van der Waals surface area contributed by atoms with E-state index in [-0.39, 0.29) is 22.9 Å². The number of ether oxygens (including phenoxy) is 1. The van der Waals surface area contributed by atoms with E-state index in [9.17, 15) is 9.70 Å². The third-order valence-corrected chi connectivity index (χ3v) is 2.95. The number of carbonyl (C=O) groups is 1. The third kappa shape index (κ3) is 3.70. The van der Waals surface area contributed by atoms with Gasteiger partial charge in [-0.2, -0.15) is 0 Å². The highest BCUT2D eigenvalue weighted by Crippen LogP contribution is 2.36. The van der Waals surface area contributed by atoms with Crippen LogP contribution in [0.5, 0.6) is 11.5 Å². The summed E-state index contributed by atoms with van der Waals surface area (Å²) < 4.78 is 5.52. The number of nitrogens with zero attached hydrogens (tertiary/aromatic N) is 1. The van der Waals surface area contributed by atoms with Gasteiger partial charge in [-0.15, -0.1) is 4.91 Å². The Hall–Kier alpha value is -2.60. The van der Waals surface area contributed by atoms with Gasteiger partial charge >= 0.3 is 5.97 Å². The molecule has 2 aromatic rings. The summed E-state index contributed by atoms with van der Waals surface area (Å²) in [5.41, 5.74) is 6.55. The highest BCUT2D eigenvalue weighted by molar-refractivity contribution is 6.32. The summed E-state index contributed by atoms with van der Waals surface area (Å²) >= 11 is 6.04. The third-order valence-electron chi connectivity index (χ3n) is 2.65. The molecule has 108 valence electrons. The molecule has 0 aromatic heterocycles. The van der Waals surface area contributed by atoms with Crippen LogP contribution in [0, 0.1) is 4.91 Å². The van der Waals surface area contributed by atoms with Crippen LogP contribution in [-0.4, -0.2) is 11.1 Å². The molecule has 0 aliphatic carbocycles. The zero-order valence-electron chi connectivity index (χ0n) is 10.7. The summed E-state index contributed by atoms with van der Waals surface area (Å²) in [7, 11) is 0. The fourth-order valence-corrected chi connectivity index (χ4v) is 1.96. The van der Waals surface area contributed by atoms with Gasteiger partial charge in [0, 0.05) is 5.69 Å². The van der Waals surface area contributed by atoms with E-state index >= 15 is 0 Å². The quantitative estimate of drug-likeness (QED) is 0.647. The number of nitroso groups, excluding NO2 is 1. The molecular weight excluding hydrogens is 296 g/mol. The summed E-state index contributed by atoms with van der Waals surface area (Å²) in [5.74, 6) is -0.446. The average Bonchev–Trinajstić information content (AvgIpc) is 2.42. The second kappa shape index (κ2) is 6.23. The van der Waals surface area contributed by atoms with Gasteiger partial charge in [-0.1, -0.05) is 17.7 Å². The number of rotatable bonds is 5. The van der Waals surface area contributed by atoms with Gasteiger partial charge in [0.1, 0.15) is 5.75 Å². The Labute approximate surface area is 125 Å². The number of halogens is 1. The fraction of sp³-hybridized carbons (Fsp3) is 0.0714. The predicted octanol–water partition coefficient (Wildman–Crippen LogP) is 3.74. The van der Waals surface area contributed by atoms with Gasteiger partial charge in [-0.25, -0.2) is 0 Å². The van der Waals surface area contributed by atoms with E-state index in [0.717, 1.165) is 0 Å². The number of aliphatic carboxylic acids is 1. The average molecular weight is 307 g/mol. The van der Waals surface area contributed by atoms with Crippen LogP contribution < -0.4 is 10.5 Å². The van der Waals surface area contributed by atoms with Crippen LogP contribution in [0.25, 0.3) is 0 Å². The Kier molecular flexibility index (Phi) is 4.39. The van der Waals surface area contributed by atoms with E-state index in [0.29, 0.717) is 17.0 Å². The second-order valence-corrected chi connectivity index (χ2v) is 4.66. The minimum absolute atomic E-state index is 0.0562. The van der Waals surface area contributed by atoms with Crippen molar-refractivity contribution < 1.29 is 14.6 Å². The van der Waals surface area contributed by atoms with E-state index in [1.807, 2.05) is 0 Å². The topological polar surface area (TPSA) is 102 Å². The van der Waals surface area contributed by atoms with Crippen molar-refractivity contribution in [1.82, 2.24) is 0 Å². The fourth-order valence-electron chi connectivity index (χ4n) is 1.72. The van der Waals surface area contributed by atoms with Crippen LogP contribution in [0.3, 0.4) is 0 Å². The van der Waals surface area contributed by atoms with Crippen molar-refractivity contribution in [1.29, 1.82) is 0 Å². The maximum absolute atomic E-state index is 10.7. The molecule has 0 bridgehead atoms. The zero-order valence-corrected chi connectivity index (χ0v) is 11.5. The second-order valence-electron chi connectivity index (χ2n) is 4.26. The molecule has 0 atom stereocenters. The van der Waals surface area contributed by atoms with E-state index in [1.165, 1.54) is 24.3 Å². The van der Waals surface area contributed by atoms with Crippen molar-refractivity contribution >= 4 is 28.9 Å². The summed E-state index contributed by atoms with van der Waals surface area (Å²) in [6, 6.07) is 9.07. The summed E-state index contributed by atoms with van der Waals surface area (Å²) in [6.45, 7) is 0. The lowest BCUT2D eigenvalue weighted by molar-refractivity contribution is -0.136. The van der Waals surface area contributed by atoms with Crippen molar-refractivity contribution in [3.8, 4) is 11.5 Å². The molecule has 0 amide bonds. The van der Waals surface area contributed by atoms with Crippen molar-refractivity contribution in [2.75, 3.05) is 5.73 Å². The van der Waals surface area contributed by atoms with Gasteiger partial charge < -0.3 is 15.6 Å². The standard InChI is InChI=1S/C14H11ClN2O4/c15-10-5-8(6-14(18)19)1-3-12(10)21-13-4-2-9(16)7-11(13)17-20/h1-5,7H,6,16H2,(H,18,19). The molecule has 2 aromatic carbocycles. The zero-order chi connectivity index (χ0) is 15.4. The Morgan fingerprint density at radius 3 is 2.57 bits per heavy atom. The number of hydrogen-bond donors (Lipinski definition) is 2. The first-order chi connectivity index (χ1) is 9.99. The monoisotopic (exact) mass is 306 g/mol. The number of benzene rings is 2. The van der Waals surface area contributed by atoms with Crippen molar-refractivity contribution in [2.45, 2.75) is 6.42 Å². The molecule has 0 aliphatic rings. The van der Waals surface area contributed by atoms with Crippen molar-refractivity contribution in [3.63, 3.8) is 0 Å². The van der Waals surface area contributed by atoms with Crippen LogP contribution in [0.15, 0.2) is 41.6 Å². The molecule has 0 saturated carbocycles. The Balaban J connectivity index is 2.28. The molecule has 0 aliphatic heterocycles. The highest BCUT2D eigenvalue weighted by atomic mass is 35.5. The van der Waals surface area contributed by atoms with Crippen LogP contribution >= 0.6 is 11.6 Å². The molecule has 0 unspecified atom stereocenters. The van der Waals surface area contributed by atoms with Gasteiger partial charge in [-0.3, -0.25) is 4.79 Å². The molecule has 0 fully saturated rings. The molecule has 0 radical (unpaired) electrons. The van der Waals surface area contributed by atoms with Gasteiger partial charge in [0.15, 0.2) is 11.4 Å². The number of carboxylic acids is 1. The maximum atomic E-state index is 10.7. The molecular formula is C14H11ClN2O4. The van der Waals surface area contributed by atoms with Crippen LogP contribution in [0.1, 0.15) is 5.56 Å². The molecule has 3 N–H and O–H groups in total. The normalized spacial score (nSPS) is 10.1. The molecule has 0 heterocycles. The number of nitrogens with two attached hydrogens (primary N) is 1. The first-order valence-corrected chi connectivity index (χ1v) is 6.28. The van der Waals surface area contributed by atoms with E-state index in [4.69, 9.17) is 27.2 Å². The molecule has 0 saturated heterocycles. The number of carboxylic acid groups (broad SMARTS) is 1. The lowest BCUT2D eigenvalue weighted by Gasteiger charge is -2.10. The summed E-state index contributed by atoms with van der Waals surface area (Å²) in [4.78, 5) is 21.4. The minimum Gasteiger partial charge on any atom is -0.481 e. The highest BCUT2D eigenvalue weighted by Gasteiger charge is 2.10. The molecule has 6 nitrogen and oxygen atoms in total. The Bertz CT molecular complexity index is 703. The summed E-state index contributed by atoms with van der Waals surface area (Å²) in [6.07, 6.45) is -0.136. The molecule has 7 heteroatoms. The molecule has 21 heavy (non-hydrogen) atoms. The van der Waals surface area contributed by atoms with Gasteiger partial charge in [0.05, 0.1) is 11.4 Å². The minimum atomic E-state index is -0.953. The van der Waals surface area contributed by atoms with Crippen LogP contribution in [0.2, 0.25) is 5.02 Å². The van der Waals surface area contributed by atoms with Crippen molar-refractivity contribution in [2.24, 2.45) is 5.18 Å². The van der Waals surface area contributed by atoms with Gasteiger partial charge in [0.2, 0.25) is 0 Å². The lowest BCUT2D eigenvalue weighted by Crippen LogP contribution is -2.00. The van der Waals surface area contributed by atoms with Crippen LogP contribution in [-0.2, 0) is 11.2 Å². The smallest absolute Gasteiger partial charge is 0.307 e. The Morgan fingerprint density at radius 1 is 1.24 bits per heavy atom. The van der Waals surface area contributed by atoms with Crippen molar-refractivity contribution in [3.05, 3.63) is 51.9 Å². The SMILES string of the molecule is Nc1ccc(Oc2ccc(CC(=O)O)cc2Cl)c(N=O)c1. The number of hydrogen-bond acceptors (Lipinski definition) is 5. The summed E-state index contributed by atoms with van der Waals surface area (Å²) in [5, 5.41) is 11.8.